The van der Waals surface area contributed by atoms with Gasteiger partial charge in [0.1, 0.15) is 6.04 Å². The number of halogens is 2. The Bertz CT molecular complexity index is 617. The number of aromatic nitrogens is 2. The van der Waals surface area contributed by atoms with Crippen molar-refractivity contribution in [3.8, 4) is 6.07 Å². The summed E-state index contributed by atoms with van der Waals surface area (Å²) in [6, 6.07) is 7.24. The van der Waals surface area contributed by atoms with Gasteiger partial charge in [-0.25, -0.2) is 0 Å². The molecule has 1 atom stereocenters. The van der Waals surface area contributed by atoms with Gasteiger partial charge in [-0.3, -0.25) is 4.68 Å². The quantitative estimate of drug-likeness (QED) is 0.916. The fourth-order valence-corrected chi connectivity index (χ4v) is 2.14. The number of aryl methyl sites for hydroxylation is 1. The first-order valence-corrected chi connectivity index (χ1v) is 6.94. The number of nitrogens with zero attached hydrogens (tertiary/aromatic N) is 3. The highest BCUT2D eigenvalue weighted by atomic mass is 79.9. The molecular weight excluding hydrogens is 328 g/mol. The largest absolute Gasteiger partial charge is 0.366 e. The number of hydrogen-bond donors (Lipinski definition) is 1. The van der Waals surface area contributed by atoms with Crippen molar-refractivity contribution in [2.45, 2.75) is 19.5 Å². The van der Waals surface area contributed by atoms with Gasteiger partial charge in [0.05, 0.1) is 17.3 Å². The highest BCUT2D eigenvalue weighted by molar-refractivity contribution is 9.10. The number of benzene rings is 1. The second-order valence-corrected chi connectivity index (χ2v) is 5.23. The van der Waals surface area contributed by atoms with Crippen LogP contribution in [0.2, 0.25) is 5.02 Å². The van der Waals surface area contributed by atoms with E-state index >= 15 is 0 Å². The van der Waals surface area contributed by atoms with Crippen molar-refractivity contribution >= 4 is 33.2 Å². The van der Waals surface area contributed by atoms with Crippen LogP contribution in [-0.4, -0.2) is 9.78 Å². The van der Waals surface area contributed by atoms with E-state index in [1.54, 1.807) is 16.9 Å². The van der Waals surface area contributed by atoms with Crippen LogP contribution in [0.3, 0.4) is 0 Å². The highest BCUT2D eigenvalue weighted by Gasteiger charge is 2.13. The summed E-state index contributed by atoms with van der Waals surface area (Å²) >= 11 is 9.30. The molecule has 0 saturated carbocycles. The minimum atomic E-state index is -0.437. The molecule has 0 aliphatic carbocycles. The Morgan fingerprint density at radius 2 is 2.37 bits per heavy atom. The van der Waals surface area contributed by atoms with E-state index in [4.69, 9.17) is 11.6 Å². The fraction of sp³-hybridized carbons (Fsp3) is 0.231. The second kappa shape index (κ2) is 6.09. The van der Waals surface area contributed by atoms with Crippen molar-refractivity contribution < 1.29 is 0 Å². The van der Waals surface area contributed by atoms with Gasteiger partial charge in [-0.2, -0.15) is 10.4 Å². The van der Waals surface area contributed by atoms with Crippen LogP contribution in [0.1, 0.15) is 18.5 Å². The number of anilines is 1. The number of nitrogens with one attached hydrogen (secondary N) is 1. The van der Waals surface area contributed by atoms with E-state index in [1.165, 1.54) is 0 Å². The van der Waals surface area contributed by atoms with Crippen molar-refractivity contribution in [1.82, 2.24) is 9.78 Å². The molecule has 6 heteroatoms. The summed E-state index contributed by atoms with van der Waals surface area (Å²) in [5.41, 5.74) is 1.67. The predicted molar refractivity (Wildman–Crippen MR) is 79.0 cm³/mol. The molecule has 0 aliphatic rings. The molecule has 1 unspecified atom stereocenters. The molecule has 0 aliphatic heterocycles. The van der Waals surface area contributed by atoms with Crippen LogP contribution in [0.4, 0.5) is 5.69 Å². The van der Waals surface area contributed by atoms with Crippen molar-refractivity contribution in [2.75, 3.05) is 5.32 Å². The molecule has 1 N–H and O–H groups in total. The van der Waals surface area contributed by atoms with E-state index in [-0.39, 0.29) is 0 Å². The van der Waals surface area contributed by atoms with E-state index in [9.17, 15) is 5.26 Å². The summed E-state index contributed by atoms with van der Waals surface area (Å²) in [5, 5.41) is 17.2. The molecule has 2 aromatic rings. The molecule has 2 rings (SSSR count). The number of hydrogen-bond acceptors (Lipinski definition) is 3. The smallest absolute Gasteiger partial charge is 0.143 e. The lowest BCUT2D eigenvalue weighted by molar-refractivity contribution is 0.659. The molecule has 1 aromatic heterocycles. The first-order valence-electron chi connectivity index (χ1n) is 5.77. The molecule has 1 heterocycles. The number of nitriles is 1. The fourth-order valence-electron chi connectivity index (χ4n) is 1.64. The minimum absolute atomic E-state index is 0.437. The molecular formula is C13H12BrClN4. The Morgan fingerprint density at radius 3 is 2.95 bits per heavy atom. The third-order valence-corrected chi connectivity index (χ3v) is 3.88. The van der Waals surface area contributed by atoms with Crippen LogP contribution in [0.15, 0.2) is 35.1 Å². The van der Waals surface area contributed by atoms with E-state index in [0.717, 1.165) is 22.3 Å². The van der Waals surface area contributed by atoms with Gasteiger partial charge in [-0.1, -0.05) is 11.6 Å². The van der Waals surface area contributed by atoms with Crippen molar-refractivity contribution in [3.05, 3.63) is 45.7 Å². The van der Waals surface area contributed by atoms with E-state index in [1.807, 2.05) is 25.3 Å². The van der Waals surface area contributed by atoms with Gasteiger partial charge in [0.25, 0.3) is 0 Å². The van der Waals surface area contributed by atoms with Crippen molar-refractivity contribution in [3.63, 3.8) is 0 Å². The zero-order valence-corrected chi connectivity index (χ0v) is 12.6. The van der Waals surface area contributed by atoms with Crippen LogP contribution < -0.4 is 5.32 Å². The van der Waals surface area contributed by atoms with Gasteiger partial charge in [0, 0.05) is 28.5 Å². The van der Waals surface area contributed by atoms with Crippen LogP contribution in [0.25, 0.3) is 0 Å². The van der Waals surface area contributed by atoms with Gasteiger partial charge >= 0.3 is 0 Å². The predicted octanol–water partition coefficient (Wildman–Crippen LogP) is 4.00. The minimum Gasteiger partial charge on any atom is -0.366 e. The van der Waals surface area contributed by atoms with Gasteiger partial charge in [-0.05, 0) is 41.1 Å². The normalized spacial score (nSPS) is 11.9. The summed E-state index contributed by atoms with van der Waals surface area (Å²) < 4.78 is 2.58. The van der Waals surface area contributed by atoms with Gasteiger partial charge < -0.3 is 5.32 Å². The summed E-state index contributed by atoms with van der Waals surface area (Å²) in [7, 11) is 0. The maximum absolute atomic E-state index is 9.26. The average Bonchev–Trinajstić information content (AvgIpc) is 2.88. The van der Waals surface area contributed by atoms with Gasteiger partial charge in [0.2, 0.25) is 0 Å². The van der Waals surface area contributed by atoms with Crippen LogP contribution >= 0.6 is 27.5 Å². The lowest BCUT2D eigenvalue weighted by atomic mass is 10.1. The Morgan fingerprint density at radius 1 is 1.58 bits per heavy atom. The molecule has 4 nitrogen and oxygen atoms in total. The monoisotopic (exact) mass is 338 g/mol. The van der Waals surface area contributed by atoms with Crippen LogP contribution in [0, 0.1) is 11.3 Å². The molecule has 0 spiro atoms. The molecule has 1 aromatic carbocycles. The van der Waals surface area contributed by atoms with E-state index in [0.29, 0.717) is 5.02 Å². The molecule has 19 heavy (non-hydrogen) atoms. The molecule has 0 fully saturated rings. The number of rotatable bonds is 4. The van der Waals surface area contributed by atoms with Crippen molar-refractivity contribution in [2.24, 2.45) is 0 Å². The molecule has 0 radical (unpaired) electrons. The highest BCUT2D eigenvalue weighted by Crippen LogP contribution is 2.27. The molecule has 0 amide bonds. The first-order chi connectivity index (χ1) is 9.13. The van der Waals surface area contributed by atoms with E-state index in [2.05, 4.69) is 32.4 Å². The Labute approximate surface area is 125 Å². The summed E-state index contributed by atoms with van der Waals surface area (Å²) in [5.74, 6) is 0. The zero-order valence-electron chi connectivity index (χ0n) is 10.3. The Balaban J connectivity index is 2.19. The van der Waals surface area contributed by atoms with Crippen LogP contribution in [-0.2, 0) is 6.54 Å². The van der Waals surface area contributed by atoms with Gasteiger partial charge in [-0.15, -0.1) is 0 Å². The molecule has 98 valence electrons. The summed E-state index contributed by atoms with van der Waals surface area (Å²) in [6.07, 6.45) is 3.57. The Kier molecular flexibility index (Phi) is 4.46. The molecule has 0 bridgehead atoms. The SMILES string of the molecule is CCn1cc(C(C#N)Nc2ccc(Cl)c(Br)c2)cn1. The summed E-state index contributed by atoms with van der Waals surface area (Å²) in [6.45, 7) is 2.78. The standard InChI is InChI=1S/C13H12BrClN4/c1-2-19-8-9(7-17-19)13(6-16)18-10-3-4-12(15)11(14)5-10/h3-5,7-8,13,18H,2H2,1H3. The van der Waals surface area contributed by atoms with Crippen molar-refractivity contribution in [1.29, 1.82) is 5.26 Å². The molecule has 0 saturated heterocycles. The maximum Gasteiger partial charge on any atom is 0.143 e. The maximum atomic E-state index is 9.26. The topological polar surface area (TPSA) is 53.6 Å². The Hall–Kier alpha value is -1.51. The lowest BCUT2D eigenvalue weighted by Crippen LogP contribution is -2.07. The third kappa shape index (κ3) is 3.28. The van der Waals surface area contributed by atoms with Gasteiger partial charge in [0.15, 0.2) is 0 Å². The van der Waals surface area contributed by atoms with Crippen LogP contribution in [0.5, 0.6) is 0 Å². The lowest BCUT2D eigenvalue weighted by Gasteiger charge is -2.11. The summed E-state index contributed by atoms with van der Waals surface area (Å²) in [4.78, 5) is 0. The average molecular weight is 340 g/mol. The van der Waals surface area contributed by atoms with E-state index < -0.39 is 6.04 Å². The third-order valence-electron chi connectivity index (χ3n) is 2.67. The second-order valence-electron chi connectivity index (χ2n) is 3.96. The zero-order chi connectivity index (χ0) is 13.8. The first kappa shape index (κ1) is 13.9.